The van der Waals surface area contributed by atoms with Gasteiger partial charge < -0.3 is 16.0 Å². The quantitative estimate of drug-likeness (QED) is 0.296. The predicted octanol–water partition coefficient (Wildman–Crippen LogP) is 4.40. The summed E-state index contributed by atoms with van der Waals surface area (Å²) < 4.78 is 15.0. The number of carbonyl (C=O) groups excluding carboxylic acids is 2. The van der Waals surface area contributed by atoms with Crippen molar-refractivity contribution in [1.82, 2.24) is 19.8 Å². The molecule has 0 saturated carbocycles. The SMILES string of the molecule is CN1CC/C(=C/C(=O)Nc2cc3cc(-c4cnccc4Cl)c(F)c(N)c3cn2)CCC(=O)N(C)C1=S. The van der Waals surface area contributed by atoms with Crippen LogP contribution in [0.4, 0.5) is 15.9 Å². The first-order valence-corrected chi connectivity index (χ1v) is 11.9. The van der Waals surface area contributed by atoms with E-state index < -0.39 is 5.82 Å². The summed E-state index contributed by atoms with van der Waals surface area (Å²) in [6, 6.07) is 4.78. The van der Waals surface area contributed by atoms with E-state index in [9.17, 15) is 9.59 Å². The number of hydrogen-bond acceptors (Lipinski definition) is 6. The highest BCUT2D eigenvalue weighted by atomic mass is 35.5. The third kappa shape index (κ3) is 5.29. The predicted molar refractivity (Wildman–Crippen MR) is 143 cm³/mol. The zero-order chi connectivity index (χ0) is 26.0. The number of benzene rings is 1. The molecule has 1 saturated heterocycles. The molecular weight excluding hydrogens is 503 g/mol. The van der Waals surface area contributed by atoms with Crippen molar-refractivity contribution in [2.75, 3.05) is 31.7 Å². The van der Waals surface area contributed by atoms with E-state index in [0.717, 1.165) is 5.57 Å². The number of nitrogens with one attached hydrogen (secondary N) is 1. The molecule has 1 aliphatic heterocycles. The van der Waals surface area contributed by atoms with Crippen LogP contribution < -0.4 is 11.1 Å². The first-order chi connectivity index (χ1) is 17.2. The van der Waals surface area contributed by atoms with Gasteiger partial charge in [-0.25, -0.2) is 9.37 Å². The number of pyridine rings is 2. The molecule has 1 fully saturated rings. The maximum absolute atomic E-state index is 15.0. The van der Waals surface area contributed by atoms with Gasteiger partial charge in [0.1, 0.15) is 5.82 Å². The molecule has 3 heterocycles. The molecule has 2 aromatic heterocycles. The Labute approximate surface area is 217 Å². The van der Waals surface area contributed by atoms with Crippen molar-refractivity contribution >= 4 is 63.0 Å². The minimum Gasteiger partial charge on any atom is -0.396 e. The highest BCUT2D eigenvalue weighted by molar-refractivity contribution is 7.80. The van der Waals surface area contributed by atoms with Crippen LogP contribution in [0.25, 0.3) is 21.9 Å². The van der Waals surface area contributed by atoms with Crippen LogP contribution in [0, 0.1) is 5.82 Å². The number of thiocarbonyl (C=S) groups is 1. The lowest BCUT2D eigenvalue weighted by Crippen LogP contribution is -2.41. The maximum atomic E-state index is 15.0. The summed E-state index contributed by atoms with van der Waals surface area (Å²) in [7, 11) is 3.47. The Kier molecular flexibility index (Phi) is 7.46. The number of carbonyl (C=O) groups is 2. The average Bonchev–Trinajstić information content (AvgIpc) is 2.90. The van der Waals surface area contributed by atoms with Gasteiger partial charge in [-0.3, -0.25) is 19.5 Å². The Morgan fingerprint density at radius 3 is 2.75 bits per heavy atom. The average molecular weight is 527 g/mol. The Morgan fingerprint density at radius 1 is 1.22 bits per heavy atom. The van der Waals surface area contributed by atoms with Crippen molar-refractivity contribution in [2.45, 2.75) is 19.3 Å². The number of nitrogen functional groups attached to an aromatic ring is 1. The van der Waals surface area contributed by atoms with E-state index in [0.29, 0.717) is 45.9 Å². The van der Waals surface area contributed by atoms with Crippen LogP contribution in [0.15, 0.2) is 48.4 Å². The molecule has 186 valence electrons. The highest BCUT2D eigenvalue weighted by Gasteiger charge is 2.20. The van der Waals surface area contributed by atoms with E-state index >= 15 is 4.39 Å². The van der Waals surface area contributed by atoms with Gasteiger partial charge in [0.25, 0.3) is 0 Å². The van der Waals surface area contributed by atoms with Crippen LogP contribution in [0.3, 0.4) is 0 Å². The van der Waals surface area contributed by atoms with Crippen LogP contribution in [0.5, 0.6) is 0 Å². The highest BCUT2D eigenvalue weighted by Crippen LogP contribution is 2.36. The smallest absolute Gasteiger partial charge is 0.249 e. The van der Waals surface area contributed by atoms with Gasteiger partial charge in [0.15, 0.2) is 10.9 Å². The Morgan fingerprint density at radius 2 is 2.00 bits per heavy atom. The molecule has 1 aromatic carbocycles. The lowest BCUT2D eigenvalue weighted by atomic mass is 10.0. The van der Waals surface area contributed by atoms with Crippen molar-refractivity contribution in [3.8, 4) is 11.1 Å². The number of nitrogens with two attached hydrogens (primary N) is 1. The minimum atomic E-state index is -0.620. The van der Waals surface area contributed by atoms with E-state index in [1.165, 1.54) is 29.6 Å². The lowest BCUT2D eigenvalue weighted by molar-refractivity contribution is -0.126. The monoisotopic (exact) mass is 526 g/mol. The van der Waals surface area contributed by atoms with E-state index in [1.807, 2.05) is 11.9 Å². The van der Waals surface area contributed by atoms with E-state index in [4.69, 9.17) is 29.6 Å². The van der Waals surface area contributed by atoms with Gasteiger partial charge >= 0.3 is 0 Å². The Bertz CT molecular complexity index is 1410. The van der Waals surface area contributed by atoms with E-state index in [2.05, 4.69) is 15.3 Å². The number of aromatic nitrogens is 2. The first-order valence-electron chi connectivity index (χ1n) is 11.2. The molecule has 0 spiro atoms. The minimum absolute atomic E-state index is 0.0721. The summed E-state index contributed by atoms with van der Waals surface area (Å²) in [5, 5.41) is 4.52. The maximum Gasteiger partial charge on any atom is 0.249 e. The van der Waals surface area contributed by atoms with Gasteiger partial charge in [-0.15, -0.1) is 0 Å². The van der Waals surface area contributed by atoms with E-state index in [1.54, 1.807) is 25.2 Å². The summed E-state index contributed by atoms with van der Waals surface area (Å²) in [6.45, 7) is 0.578. The fraction of sp³-hybridized carbons (Fsp3) is 0.240. The van der Waals surface area contributed by atoms with Crippen LogP contribution >= 0.6 is 23.8 Å². The number of nitrogens with zero attached hydrogens (tertiary/aromatic N) is 4. The van der Waals surface area contributed by atoms with Gasteiger partial charge in [0.05, 0.1) is 10.7 Å². The number of hydrogen-bond donors (Lipinski definition) is 2. The molecule has 0 bridgehead atoms. The van der Waals surface area contributed by atoms with Crippen LogP contribution in [-0.2, 0) is 9.59 Å². The van der Waals surface area contributed by atoms with Crippen molar-refractivity contribution in [3.63, 3.8) is 0 Å². The molecule has 8 nitrogen and oxygen atoms in total. The van der Waals surface area contributed by atoms with Crippen molar-refractivity contribution < 1.29 is 14.0 Å². The van der Waals surface area contributed by atoms with Crippen LogP contribution in [0.2, 0.25) is 5.02 Å². The van der Waals surface area contributed by atoms with Crippen molar-refractivity contribution in [3.05, 3.63) is 59.3 Å². The second-order valence-corrected chi connectivity index (χ2v) is 9.27. The van der Waals surface area contributed by atoms with Gasteiger partial charge in [0, 0.05) is 68.2 Å². The van der Waals surface area contributed by atoms with Gasteiger partial charge in [-0.1, -0.05) is 17.2 Å². The molecule has 3 N–H and O–H groups in total. The molecular formula is C25H24ClFN6O2S. The number of anilines is 2. The largest absolute Gasteiger partial charge is 0.396 e. The lowest BCUT2D eigenvalue weighted by Gasteiger charge is -2.25. The molecule has 0 aliphatic carbocycles. The number of fused-ring (bicyclic) bond motifs is 1. The third-order valence-electron chi connectivity index (χ3n) is 6.06. The molecule has 0 unspecified atom stereocenters. The van der Waals surface area contributed by atoms with Crippen LogP contribution in [-0.4, -0.2) is 57.3 Å². The zero-order valence-electron chi connectivity index (χ0n) is 19.7. The zero-order valence-corrected chi connectivity index (χ0v) is 21.3. The summed E-state index contributed by atoms with van der Waals surface area (Å²) in [6.07, 6.45) is 7.16. The van der Waals surface area contributed by atoms with E-state index in [-0.39, 0.29) is 35.3 Å². The van der Waals surface area contributed by atoms with Gasteiger partial charge in [-0.05, 0) is 48.6 Å². The molecule has 2 amide bonds. The second kappa shape index (κ2) is 10.5. The van der Waals surface area contributed by atoms with Crippen molar-refractivity contribution in [1.29, 1.82) is 0 Å². The number of rotatable bonds is 3. The topological polar surface area (TPSA) is 104 Å². The van der Waals surface area contributed by atoms with Crippen molar-refractivity contribution in [2.24, 2.45) is 0 Å². The fourth-order valence-corrected chi connectivity index (χ4v) is 4.36. The second-order valence-electron chi connectivity index (χ2n) is 8.50. The molecule has 0 radical (unpaired) electrons. The Balaban J connectivity index is 1.59. The fourth-order valence-electron chi connectivity index (χ4n) is 3.96. The summed E-state index contributed by atoms with van der Waals surface area (Å²) in [5.74, 6) is -0.834. The molecule has 3 aromatic rings. The molecule has 4 rings (SSSR count). The molecule has 0 atom stereocenters. The summed E-state index contributed by atoms with van der Waals surface area (Å²) in [5.41, 5.74) is 7.40. The number of amides is 2. The first kappa shape index (κ1) is 25.5. The standard InChI is InChI=1S/C25H24ClFN6O2S/c1-32-8-6-14(3-4-22(35)33(2)25(32)36)9-21(34)31-20-11-15-10-16(18-12-29-7-5-19(18)26)23(27)24(28)17(15)13-30-20/h5,7,9-13H,3-4,6,8,28H2,1-2H3,(H,30,31,34)/b14-9+. The molecule has 1 aliphatic rings. The third-order valence-corrected chi connectivity index (χ3v) is 6.97. The normalized spacial score (nSPS) is 16.2. The van der Waals surface area contributed by atoms with Crippen LogP contribution in [0.1, 0.15) is 19.3 Å². The number of halogens is 2. The summed E-state index contributed by atoms with van der Waals surface area (Å²) >= 11 is 11.6. The summed E-state index contributed by atoms with van der Waals surface area (Å²) in [4.78, 5) is 36.6. The van der Waals surface area contributed by atoms with Gasteiger partial charge in [0.2, 0.25) is 11.8 Å². The Hall–Kier alpha value is -3.63. The van der Waals surface area contributed by atoms with Gasteiger partial charge in [-0.2, -0.15) is 0 Å². The molecule has 11 heteroatoms. The molecule has 36 heavy (non-hydrogen) atoms.